The highest BCUT2D eigenvalue weighted by Gasteiger charge is 2.18. The summed E-state index contributed by atoms with van der Waals surface area (Å²) in [4.78, 5) is 14.9. The van der Waals surface area contributed by atoms with Crippen molar-refractivity contribution < 1.29 is 19.2 Å². The number of carboxylic acids is 1. The molecule has 2 aromatic rings. The number of aromatic nitrogens is 2. The Hall–Kier alpha value is -2.08. The van der Waals surface area contributed by atoms with Crippen LogP contribution in [0, 0.1) is 6.92 Å². The van der Waals surface area contributed by atoms with Crippen LogP contribution in [0.2, 0.25) is 5.02 Å². The third-order valence-electron chi connectivity index (χ3n) is 2.35. The van der Waals surface area contributed by atoms with E-state index in [4.69, 9.17) is 26.0 Å². The fourth-order valence-electron chi connectivity index (χ4n) is 1.42. The van der Waals surface area contributed by atoms with E-state index in [-0.39, 0.29) is 5.89 Å². The quantitative estimate of drug-likeness (QED) is 0.927. The van der Waals surface area contributed by atoms with Crippen molar-refractivity contribution in [1.82, 2.24) is 10.1 Å². The summed E-state index contributed by atoms with van der Waals surface area (Å²) in [6, 6.07) is 4.74. The highest BCUT2D eigenvalue weighted by molar-refractivity contribution is 6.30. The van der Waals surface area contributed by atoms with Crippen LogP contribution >= 0.6 is 11.6 Å². The zero-order chi connectivity index (χ0) is 14.0. The molecule has 0 bridgehead atoms. The SMILES string of the molecule is Cc1noc(-c2cc(Cl)ccc2O[C@@H](C)C(=O)O)n1. The largest absolute Gasteiger partial charge is 0.479 e. The van der Waals surface area contributed by atoms with Crippen LogP contribution in [0.1, 0.15) is 12.7 Å². The van der Waals surface area contributed by atoms with Gasteiger partial charge in [0.25, 0.3) is 5.89 Å². The number of hydrogen-bond acceptors (Lipinski definition) is 5. The molecule has 0 unspecified atom stereocenters. The van der Waals surface area contributed by atoms with Gasteiger partial charge in [-0.25, -0.2) is 4.79 Å². The Balaban J connectivity index is 2.41. The fraction of sp³-hybridized carbons (Fsp3) is 0.250. The average molecular weight is 283 g/mol. The normalized spacial score (nSPS) is 12.2. The maximum atomic E-state index is 10.8. The molecule has 0 aliphatic heterocycles. The Morgan fingerprint density at radius 1 is 1.53 bits per heavy atom. The van der Waals surface area contributed by atoms with Gasteiger partial charge in [-0.15, -0.1) is 0 Å². The van der Waals surface area contributed by atoms with Crippen LogP contribution in [0.5, 0.6) is 5.75 Å². The van der Waals surface area contributed by atoms with Gasteiger partial charge in [-0.3, -0.25) is 0 Å². The van der Waals surface area contributed by atoms with Crippen molar-refractivity contribution in [1.29, 1.82) is 0 Å². The molecule has 0 aliphatic rings. The van der Waals surface area contributed by atoms with Crippen molar-refractivity contribution in [3.63, 3.8) is 0 Å². The minimum absolute atomic E-state index is 0.229. The Morgan fingerprint density at radius 2 is 2.26 bits per heavy atom. The molecule has 2 rings (SSSR count). The first-order chi connectivity index (χ1) is 8.97. The third kappa shape index (κ3) is 3.03. The summed E-state index contributed by atoms with van der Waals surface area (Å²) in [5, 5.41) is 13.0. The highest BCUT2D eigenvalue weighted by Crippen LogP contribution is 2.32. The summed E-state index contributed by atoms with van der Waals surface area (Å²) >= 11 is 5.91. The molecule has 7 heteroatoms. The zero-order valence-corrected chi connectivity index (χ0v) is 11.0. The van der Waals surface area contributed by atoms with Crippen LogP contribution in [0.4, 0.5) is 0 Å². The fourth-order valence-corrected chi connectivity index (χ4v) is 1.59. The van der Waals surface area contributed by atoms with Gasteiger partial charge in [-0.2, -0.15) is 4.98 Å². The second-order valence-electron chi connectivity index (χ2n) is 3.89. The molecule has 1 aromatic heterocycles. The lowest BCUT2D eigenvalue weighted by Crippen LogP contribution is -2.23. The maximum Gasteiger partial charge on any atom is 0.344 e. The Kier molecular flexibility index (Phi) is 3.71. The van der Waals surface area contributed by atoms with Crippen molar-refractivity contribution >= 4 is 17.6 Å². The molecule has 100 valence electrons. The number of carboxylic acid groups (broad SMARTS) is 1. The van der Waals surface area contributed by atoms with E-state index in [1.807, 2.05) is 0 Å². The topological polar surface area (TPSA) is 85.5 Å². The molecule has 0 saturated carbocycles. The average Bonchev–Trinajstić information content (AvgIpc) is 2.77. The van der Waals surface area contributed by atoms with Crippen LogP contribution in [0.3, 0.4) is 0 Å². The zero-order valence-electron chi connectivity index (χ0n) is 10.3. The molecule has 1 N–H and O–H groups in total. The molecule has 0 spiro atoms. The summed E-state index contributed by atoms with van der Waals surface area (Å²) in [7, 11) is 0. The lowest BCUT2D eigenvalue weighted by atomic mass is 10.2. The van der Waals surface area contributed by atoms with Crippen molar-refractivity contribution in [3.8, 4) is 17.2 Å². The van der Waals surface area contributed by atoms with Gasteiger partial charge in [0.05, 0.1) is 5.56 Å². The van der Waals surface area contributed by atoms with Gasteiger partial charge >= 0.3 is 5.97 Å². The molecule has 1 atom stereocenters. The van der Waals surface area contributed by atoms with E-state index in [1.54, 1.807) is 25.1 Å². The number of nitrogens with zero attached hydrogens (tertiary/aromatic N) is 2. The monoisotopic (exact) mass is 282 g/mol. The number of rotatable bonds is 4. The van der Waals surface area contributed by atoms with Crippen molar-refractivity contribution in [2.75, 3.05) is 0 Å². The molecule has 0 amide bonds. The number of aryl methyl sites for hydroxylation is 1. The first-order valence-corrected chi connectivity index (χ1v) is 5.85. The molecule has 0 saturated heterocycles. The summed E-state index contributed by atoms with van der Waals surface area (Å²) in [6.45, 7) is 3.11. The molecule has 0 fully saturated rings. The second kappa shape index (κ2) is 5.27. The Labute approximate surface area is 114 Å². The number of hydrogen-bond donors (Lipinski definition) is 1. The van der Waals surface area contributed by atoms with E-state index in [0.717, 1.165) is 0 Å². The molecule has 19 heavy (non-hydrogen) atoms. The summed E-state index contributed by atoms with van der Waals surface area (Å²) in [5.74, 6) is -0.0506. The van der Waals surface area contributed by atoms with Crippen LogP contribution in [0.15, 0.2) is 22.7 Å². The lowest BCUT2D eigenvalue weighted by molar-refractivity contribution is -0.144. The van der Waals surface area contributed by atoms with Gasteiger partial charge in [0.15, 0.2) is 11.9 Å². The number of ether oxygens (including phenoxy) is 1. The number of carbonyl (C=O) groups is 1. The van der Waals surface area contributed by atoms with E-state index in [1.165, 1.54) is 6.92 Å². The standard InChI is InChI=1S/C12H11ClN2O4/c1-6(12(16)17)18-10-4-3-8(13)5-9(10)11-14-7(2)15-19-11/h3-6H,1-2H3,(H,16,17)/t6-/m0/s1. The number of aliphatic carboxylic acids is 1. The maximum absolute atomic E-state index is 10.8. The van der Waals surface area contributed by atoms with Crippen molar-refractivity contribution in [3.05, 3.63) is 29.0 Å². The van der Waals surface area contributed by atoms with E-state index < -0.39 is 12.1 Å². The molecule has 1 aromatic carbocycles. The number of benzene rings is 1. The summed E-state index contributed by atoms with van der Waals surface area (Å²) in [5.41, 5.74) is 0.459. The highest BCUT2D eigenvalue weighted by atomic mass is 35.5. The third-order valence-corrected chi connectivity index (χ3v) is 2.59. The van der Waals surface area contributed by atoms with E-state index in [2.05, 4.69) is 10.1 Å². The van der Waals surface area contributed by atoms with Crippen LogP contribution in [0.25, 0.3) is 11.5 Å². The van der Waals surface area contributed by atoms with Crippen molar-refractivity contribution in [2.45, 2.75) is 20.0 Å². The number of halogens is 1. The first-order valence-electron chi connectivity index (χ1n) is 5.47. The molecular weight excluding hydrogens is 272 g/mol. The van der Waals surface area contributed by atoms with Gasteiger partial charge in [0.1, 0.15) is 5.75 Å². The molecular formula is C12H11ClN2O4. The lowest BCUT2D eigenvalue weighted by Gasteiger charge is -2.12. The minimum atomic E-state index is -1.07. The Bertz CT molecular complexity index is 612. The minimum Gasteiger partial charge on any atom is -0.479 e. The first kappa shape index (κ1) is 13.4. The van der Waals surface area contributed by atoms with Gasteiger partial charge in [0, 0.05) is 5.02 Å². The van der Waals surface area contributed by atoms with Crippen LogP contribution in [-0.2, 0) is 4.79 Å². The molecule has 6 nitrogen and oxygen atoms in total. The smallest absolute Gasteiger partial charge is 0.344 e. The van der Waals surface area contributed by atoms with E-state index in [9.17, 15) is 4.79 Å². The molecule has 0 aliphatic carbocycles. The van der Waals surface area contributed by atoms with E-state index >= 15 is 0 Å². The predicted octanol–water partition coefficient (Wildman–Crippen LogP) is 2.55. The summed E-state index contributed by atoms with van der Waals surface area (Å²) in [6.07, 6.45) is -0.996. The van der Waals surface area contributed by atoms with E-state index in [0.29, 0.717) is 22.2 Å². The van der Waals surface area contributed by atoms with Gasteiger partial charge in [-0.1, -0.05) is 16.8 Å². The Morgan fingerprint density at radius 3 is 2.84 bits per heavy atom. The van der Waals surface area contributed by atoms with Gasteiger partial charge in [0.2, 0.25) is 0 Å². The predicted molar refractivity (Wildman–Crippen MR) is 67.2 cm³/mol. The molecule has 1 heterocycles. The van der Waals surface area contributed by atoms with Crippen LogP contribution in [-0.4, -0.2) is 27.3 Å². The molecule has 0 radical (unpaired) electrons. The second-order valence-corrected chi connectivity index (χ2v) is 4.32. The van der Waals surface area contributed by atoms with Crippen LogP contribution < -0.4 is 4.74 Å². The van der Waals surface area contributed by atoms with Gasteiger partial charge in [-0.05, 0) is 32.0 Å². The van der Waals surface area contributed by atoms with Gasteiger partial charge < -0.3 is 14.4 Å². The summed E-state index contributed by atoms with van der Waals surface area (Å²) < 4.78 is 10.4. The van der Waals surface area contributed by atoms with Crippen molar-refractivity contribution in [2.24, 2.45) is 0 Å².